The van der Waals surface area contributed by atoms with Crippen molar-refractivity contribution in [3.63, 3.8) is 0 Å². The molecule has 1 fully saturated rings. The first kappa shape index (κ1) is 18.6. The lowest BCUT2D eigenvalue weighted by Gasteiger charge is -2.19. The molecule has 0 radical (unpaired) electrons. The fourth-order valence-electron chi connectivity index (χ4n) is 2.72. The van der Waals surface area contributed by atoms with Crippen LogP contribution in [0.1, 0.15) is 18.3 Å². The van der Waals surface area contributed by atoms with Gasteiger partial charge in [0.1, 0.15) is 24.2 Å². The lowest BCUT2D eigenvalue weighted by atomic mass is 10.2. The fourth-order valence-corrected chi connectivity index (χ4v) is 3.75. The smallest absolute Gasteiger partial charge is 0.325 e. The number of nitrogens with zero attached hydrogens (tertiary/aromatic N) is 4. The molecule has 0 aromatic carbocycles. The van der Waals surface area contributed by atoms with Gasteiger partial charge in [-0.25, -0.2) is 15.0 Å². The van der Waals surface area contributed by atoms with E-state index in [9.17, 15) is 14.0 Å². The molecule has 3 unspecified atom stereocenters. The quantitative estimate of drug-likeness (QED) is 0.683. The van der Waals surface area contributed by atoms with Gasteiger partial charge in [0, 0.05) is 13.1 Å². The number of aryl methyl sites for hydroxylation is 1. The van der Waals surface area contributed by atoms with Crippen molar-refractivity contribution in [2.45, 2.75) is 31.8 Å². The molecule has 0 spiro atoms. The molecule has 0 bridgehead atoms. The molecule has 13 heteroatoms. The molecule has 3 rings (SSSR count). The first-order valence-electron chi connectivity index (χ1n) is 7.38. The molecule has 1 saturated heterocycles. The molecule has 1 aliphatic rings. The molecule has 25 heavy (non-hydrogen) atoms. The van der Waals surface area contributed by atoms with Crippen LogP contribution in [-0.2, 0) is 22.9 Å². The van der Waals surface area contributed by atoms with Crippen molar-refractivity contribution < 1.29 is 32.7 Å². The molecule has 3 heterocycles. The topological polar surface area (TPSA) is 146 Å². The van der Waals surface area contributed by atoms with Gasteiger partial charge in [-0.3, -0.25) is 13.7 Å². The van der Waals surface area contributed by atoms with Crippen LogP contribution in [0.4, 0.5) is 0 Å². The molecule has 2 aromatic heterocycles. The molecule has 11 nitrogen and oxygen atoms in total. The highest BCUT2D eigenvalue weighted by Crippen LogP contribution is 2.44. The summed E-state index contributed by atoms with van der Waals surface area (Å²) in [6.45, 7) is 2.63. The maximum atomic E-state index is 11.6. The number of aromatic nitrogens is 4. The summed E-state index contributed by atoms with van der Waals surface area (Å²) in [5.41, 5.74) is 1.88. The normalized spacial score (nSPS) is 27.4. The van der Waals surface area contributed by atoms with Crippen LogP contribution < -0.4 is 0 Å². The van der Waals surface area contributed by atoms with Crippen LogP contribution in [0.25, 0.3) is 11.2 Å². The summed E-state index contributed by atoms with van der Waals surface area (Å²) in [6.07, 6.45) is 1.03. The van der Waals surface area contributed by atoms with Crippen molar-refractivity contribution in [1.29, 1.82) is 0 Å². The Bertz CT molecular complexity index is 838. The molecular formula is C12H18N4O7P2. The fraction of sp³-hybridized carbons (Fsp3) is 0.583. The Balaban J connectivity index is 1.85. The predicted molar refractivity (Wildman–Crippen MR) is 86.4 cm³/mol. The third-order valence-electron chi connectivity index (χ3n) is 3.73. The van der Waals surface area contributed by atoms with Gasteiger partial charge in [0.15, 0.2) is 5.65 Å². The van der Waals surface area contributed by atoms with Crippen LogP contribution >= 0.6 is 15.9 Å². The zero-order valence-corrected chi connectivity index (χ0v) is 15.4. The van der Waals surface area contributed by atoms with E-state index in [0.29, 0.717) is 16.9 Å². The van der Waals surface area contributed by atoms with Gasteiger partial charge in [-0.1, -0.05) is 0 Å². The Morgan fingerprint density at radius 2 is 2.24 bits per heavy atom. The first-order chi connectivity index (χ1) is 11.7. The molecule has 138 valence electrons. The van der Waals surface area contributed by atoms with E-state index >= 15 is 0 Å². The summed E-state index contributed by atoms with van der Waals surface area (Å²) >= 11 is 0. The zero-order chi connectivity index (χ0) is 18.2. The van der Waals surface area contributed by atoms with Gasteiger partial charge in [-0.05, 0) is 6.92 Å². The van der Waals surface area contributed by atoms with Crippen molar-refractivity contribution in [2.24, 2.45) is 0 Å². The van der Waals surface area contributed by atoms with Crippen molar-refractivity contribution in [2.75, 3.05) is 13.3 Å². The van der Waals surface area contributed by atoms with Crippen LogP contribution in [0, 0.1) is 6.92 Å². The summed E-state index contributed by atoms with van der Waals surface area (Å²) in [5, 5.41) is 0. The summed E-state index contributed by atoms with van der Waals surface area (Å²) in [7, 11) is -6.93. The molecule has 0 saturated carbocycles. The van der Waals surface area contributed by atoms with Gasteiger partial charge < -0.3 is 23.6 Å². The molecule has 0 aliphatic carbocycles. The van der Waals surface area contributed by atoms with E-state index in [1.54, 1.807) is 11.5 Å². The monoisotopic (exact) mass is 392 g/mol. The van der Waals surface area contributed by atoms with Crippen LogP contribution in [0.2, 0.25) is 0 Å². The maximum absolute atomic E-state index is 11.6. The van der Waals surface area contributed by atoms with Crippen molar-refractivity contribution in [3.05, 3.63) is 18.3 Å². The second-order valence-corrected chi connectivity index (χ2v) is 8.31. The van der Waals surface area contributed by atoms with E-state index in [2.05, 4.69) is 15.0 Å². The standard InChI is InChI=1S/C12H18N4O7P2/c1-7-11-12(14-5-13-7)16(6-15-11)10-3-8(23-25(2,19)20)9(22-10)4-21-24(17)18/h5-6,8-10,24H,3-4H2,1-2H3,(H,17,18)(H,19,20)/t8?,9-,10-/m1/s1. The molecule has 2 aromatic rings. The molecular weight excluding hydrogens is 374 g/mol. The highest BCUT2D eigenvalue weighted by Gasteiger charge is 2.40. The Morgan fingerprint density at radius 3 is 2.92 bits per heavy atom. The summed E-state index contributed by atoms with van der Waals surface area (Å²) in [5.74, 6) is 0. The second-order valence-electron chi connectivity index (χ2n) is 5.67. The molecule has 1 aliphatic heterocycles. The van der Waals surface area contributed by atoms with Gasteiger partial charge in [-0.15, -0.1) is 0 Å². The van der Waals surface area contributed by atoms with Gasteiger partial charge >= 0.3 is 15.9 Å². The highest BCUT2D eigenvalue weighted by atomic mass is 31.2. The average molecular weight is 392 g/mol. The van der Waals surface area contributed by atoms with Gasteiger partial charge in [0.25, 0.3) is 0 Å². The third-order valence-corrected chi connectivity index (χ3v) is 4.81. The molecule has 0 amide bonds. The summed E-state index contributed by atoms with van der Waals surface area (Å²) < 4.78 is 39.8. The Hall–Kier alpha value is -1.19. The van der Waals surface area contributed by atoms with Gasteiger partial charge in [0.05, 0.1) is 24.7 Å². The SMILES string of the molecule is Cc1ncnc2c1ncn2[C@H]1CC(OP(C)(=O)O)[C@@H](CO[PH](=O)O)O1. The highest BCUT2D eigenvalue weighted by molar-refractivity contribution is 7.51. The number of rotatable bonds is 6. The van der Waals surface area contributed by atoms with Crippen molar-refractivity contribution in [1.82, 2.24) is 19.5 Å². The van der Waals surface area contributed by atoms with E-state index in [-0.39, 0.29) is 13.0 Å². The molecule has 5 atom stereocenters. The number of imidazole rings is 1. The summed E-state index contributed by atoms with van der Waals surface area (Å²) in [4.78, 5) is 30.9. The number of ether oxygens (including phenoxy) is 1. The number of hydrogen-bond donors (Lipinski definition) is 2. The first-order valence-corrected chi connectivity index (χ1v) is 10.7. The van der Waals surface area contributed by atoms with Crippen LogP contribution in [0.3, 0.4) is 0 Å². The van der Waals surface area contributed by atoms with Crippen LogP contribution in [0.5, 0.6) is 0 Å². The number of hydrogen-bond acceptors (Lipinski definition) is 8. The average Bonchev–Trinajstić information content (AvgIpc) is 3.08. The van der Waals surface area contributed by atoms with Crippen LogP contribution in [-0.4, -0.2) is 54.8 Å². The van der Waals surface area contributed by atoms with Crippen molar-refractivity contribution >= 4 is 27.0 Å². The van der Waals surface area contributed by atoms with Gasteiger partial charge in [-0.2, -0.15) is 0 Å². The minimum atomic E-state index is -3.78. The predicted octanol–water partition coefficient (Wildman–Crippen LogP) is 1.02. The van der Waals surface area contributed by atoms with E-state index in [0.717, 1.165) is 6.66 Å². The second kappa shape index (κ2) is 7.20. The largest absolute Gasteiger partial charge is 0.349 e. The van der Waals surface area contributed by atoms with E-state index in [4.69, 9.17) is 18.7 Å². The van der Waals surface area contributed by atoms with Crippen molar-refractivity contribution in [3.8, 4) is 0 Å². The minimum absolute atomic E-state index is 0.229. The lowest BCUT2D eigenvalue weighted by Crippen LogP contribution is -2.27. The number of fused-ring (bicyclic) bond motifs is 1. The van der Waals surface area contributed by atoms with Crippen LogP contribution in [0.15, 0.2) is 12.7 Å². The third kappa shape index (κ3) is 4.32. The summed E-state index contributed by atoms with van der Waals surface area (Å²) in [6, 6.07) is 0. The zero-order valence-electron chi connectivity index (χ0n) is 13.5. The Labute approximate surface area is 143 Å². The van der Waals surface area contributed by atoms with E-state index < -0.39 is 34.3 Å². The van der Waals surface area contributed by atoms with Gasteiger partial charge in [0.2, 0.25) is 0 Å². The Kier molecular flexibility index (Phi) is 5.36. The lowest BCUT2D eigenvalue weighted by molar-refractivity contribution is -0.0354. The Morgan fingerprint density at radius 1 is 1.48 bits per heavy atom. The molecule has 2 N–H and O–H groups in total. The van der Waals surface area contributed by atoms with E-state index in [1.807, 2.05) is 0 Å². The maximum Gasteiger partial charge on any atom is 0.325 e. The van der Waals surface area contributed by atoms with E-state index in [1.165, 1.54) is 12.7 Å². The minimum Gasteiger partial charge on any atom is -0.349 e.